The van der Waals surface area contributed by atoms with Crippen molar-refractivity contribution >= 4 is 17.3 Å². The van der Waals surface area contributed by atoms with Gasteiger partial charge in [-0.15, -0.1) is 0 Å². The van der Waals surface area contributed by atoms with Crippen LogP contribution in [0.2, 0.25) is 0 Å². The molecule has 0 spiro atoms. The maximum atomic E-state index is 12.5. The first-order valence-electron chi connectivity index (χ1n) is 7.17. The highest BCUT2D eigenvalue weighted by Crippen LogP contribution is 2.34. The van der Waals surface area contributed by atoms with Crippen molar-refractivity contribution in [2.24, 2.45) is 0 Å². The van der Waals surface area contributed by atoms with Crippen molar-refractivity contribution in [2.75, 3.05) is 19.5 Å². The Kier molecular flexibility index (Phi) is 5.53. The maximum Gasteiger partial charge on any atom is 0.286 e. The minimum Gasteiger partial charge on any atom is -0.493 e. The fraction of sp³-hybridized carbons (Fsp3) is 0.176. The molecule has 0 radical (unpaired) electrons. The number of carbonyl (C=O) groups is 1. The largest absolute Gasteiger partial charge is 0.493 e. The zero-order valence-electron chi connectivity index (χ0n) is 13.6. The molecule has 8 heteroatoms. The molecule has 0 aromatic heterocycles. The van der Waals surface area contributed by atoms with Crippen molar-refractivity contribution in [3.63, 3.8) is 0 Å². The molecule has 2 aromatic rings. The highest BCUT2D eigenvalue weighted by molar-refractivity contribution is 6.07. The predicted molar refractivity (Wildman–Crippen MR) is 89.9 cm³/mol. The van der Waals surface area contributed by atoms with Gasteiger partial charge in [0.05, 0.1) is 37.7 Å². The first kappa shape index (κ1) is 17.7. The molecule has 1 amide bonds. The second-order valence-electron chi connectivity index (χ2n) is 4.97. The van der Waals surface area contributed by atoms with Gasteiger partial charge in [0, 0.05) is 11.8 Å². The van der Waals surface area contributed by atoms with Crippen LogP contribution in [0.3, 0.4) is 0 Å². The van der Waals surface area contributed by atoms with Crippen LogP contribution in [0.1, 0.15) is 15.9 Å². The van der Waals surface area contributed by atoms with Crippen molar-refractivity contribution in [1.82, 2.24) is 0 Å². The third kappa shape index (κ3) is 4.03. The number of nitrogens with one attached hydrogen (secondary N) is 1. The molecule has 0 unspecified atom stereocenters. The van der Waals surface area contributed by atoms with Crippen molar-refractivity contribution in [1.29, 1.82) is 5.26 Å². The fourth-order valence-corrected chi connectivity index (χ4v) is 2.20. The molecule has 1 N–H and O–H groups in total. The van der Waals surface area contributed by atoms with Crippen LogP contribution in [-0.4, -0.2) is 25.1 Å². The molecule has 2 aromatic carbocycles. The predicted octanol–water partition coefficient (Wildman–Crippen LogP) is 2.93. The number of nitrogens with zero attached hydrogens (tertiary/aromatic N) is 2. The van der Waals surface area contributed by atoms with Gasteiger partial charge in [-0.05, 0) is 17.7 Å². The van der Waals surface area contributed by atoms with E-state index in [4.69, 9.17) is 14.7 Å². The molecule has 0 aliphatic heterocycles. The average Bonchev–Trinajstić information content (AvgIpc) is 2.62. The third-order valence-electron chi connectivity index (χ3n) is 3.44. The molecule has 0 aliphatic carbocycles. The smallest absolute Gasteiger partial charge is 0.286 e. The summed E-state index contributed by atoms with van der Waals surface area (Å²) < 4.78 is 10.1. The van der Waals surface area contributed by atoms with Crippen LogP contribution in [0.4, 0.5) is 11.4 Å². The summed E-state index contributed by atoms with van der Waals surface area (Å²) in [5, 5.41) is 22.5. The van der Waals surface area contributed by atoms with E-state index in [1.807, 2.05) is 6.07 Å². The van der Waals surface area contributed by atoms with Gasteiger partial charge in [0.1, 0.15) is 5.56 Å². The summed E-state index contributed by atoms with van der Waals surface area (Å²) in [6, 6.07) is 11.1. The van der Waals surface area contributed by atoms with E-state index >= 15 is 0 Å². The maximum absolute atomic E-state index is 12.5. The van der Waals surface area contributed by atoms with Gasteiger partial charge < -0.3 is 14.8 Å². The van der Waals surface area contributed by atoms with Gasteiger partial charge in [-0.3, -0.25) is 14.9 Å². The molecular weight excluding hydrogens is 326 g/mol. The van der Waals surface area contributed by atoms with Gasteiger partial charge in [0.25, 0.3) is 11.6 Å². The minimum atomic E-state index is -0.660. The number of amides is 1. The Bertz CT molecular complexity index is 841. The van der Waals surface area contributed by atoms with Crippen LogP contribution < -0.4 is 14.8 Å². The van der Waals surface area contributed by atoms with Gasteiger partial charge in [-0.25, -0.2) is 0 Å². The first-order chi connectivity index (χ1) is 12.0. The second-order valence-corrected chi connectivity index (χ2v) is 4.97. The molecule has 8 nitrogen and oxygen atoms in total. The summed E-state index contributed by atoms with van der Waals surface area (Å²) >= 11 is 0. The number of carbonyl (C=O) groups excluding carboxylic acids is 1. The molecule has 0 heterocycles. The lowest BCUT2D eigenvalue weighted by molar-refractivity contribution is -0.385. The van der Waals surface area contributed by atoms with E-state index < -0.39 is 16.5 Å². The topological polar surface area (TPSA) is 114 Å². The van der Waals surface area contributed by atoms with Crippen molar-refractivity contribution in [3.8, 4) is 17.6 Å². The molecule has 0 fully saturated rings. The molecule has 2 rings (SSSR count). The number of hydrogen-bond donors (Lipinski definition) is 1. The number of rotatable bonds is 6. The zero-order valence-corrected chi connectivity index (χ0v) is 13.6. The fourth-order valence-electron chi connectivity index (χ4n) is 2.20. The van der Waals surface area contributed by atoms with Crippen molar-refractivity contribution in [2.45, 2.75) is 6.42 Å². The van der Waals surface area contributed by atoms with E-state index in [2.05, 4.69) is 5.32 Å². The lowest BCUT2D eigenvalue weighted by atomic mass is 10.1. The van der Waals surface area contributed by atoms with E-state index in [1.54, 1.807) is 24.3 Å². The van der Waals surface area contributed by atoms with E-state index in [0.29, 0.717) is 5.69 Å². The Morgan fingerprint density at radius 1 is 1.20 bits per heavy atom. The molecule has 0 aliphatic rings. The number of anilines is 1. The molecule has 25 heavy (non-hydrogen) atoms. The highest BCUT2D eigenvalue weighted by Gasteiger charge is 2.24. The summed E-state index contributed by atoms with van der Waals surface area (Å²) in [6.45, 7) is 0. The number of methoxy groups -OCH3 is 2. The number of nitro benzene ring substituents is 1. The number of hydrogen-bond acceptors (Lipinski definition) is 6. The Morgan fingerprint density at radius 2 is 1.80 bits per heavy atom. The lowest BCUT2D eigenvalue weighted by Crippen LogP contribution is -2.14. The number of ether oxygens (including phenoxy) is 2. The Morgan fingerprint density at radius 3 is 2.32 bits per heavy atom. The summed E-state index contributed by atoms with van der Waals surface area (Å²) in [7, 11) is 2.73. The van der Waals surface area contributed by atoms with Crippen LogP contribution in [0.5, 0.6) is 11.5 Å². The Balaban J connectivity index is 2.34. The van der Waals surface area contributed by atoms with Gasteiger partial charge in [0.15, 0.2) is 11.5 Å². The van der Waals surface area contributed by atoms with Crippen LogP contribution in [0.15, 0.2) is 36.4 Å². The Hall–Kier alpha value is -3.60. The summed E-state index contributed by atoms with van der Waals surface area (Å²) in [6.07, 6.45) is 0.259. The summed E-state index contributed by atoms with van der Waals surface area (Å²) in [5.74, 6) is -0.282. The van der Waals surface area contributed by atoms with Gasteiger partial charge in [0.2, 0.25) is 0 Å². The summed E-state index contributed by atoms with van der Waals surface area (Å²) in [4.78, 5) is 23.1. The van der Waals surface area contributed by atoms with E-state index in [9.17, 15) is 14.9 Å². The quantitative estimate of drug-likeness (QED) is 0.638. The van der Waals surface area contributed by atoms with Gasteiger partial charge in [-0.2, -0.15) is 5.26 Å². The normalized spacial score (nSPS) is 9.80. The Labute approximate surface area is 143 Å². The van der Waals surface area contributed by atoms with E-state index in [0.717, 1.165) is 11.6 Å². The van der Waals surface area contributed by atoms with Crippen LogP contribution in [0, 0.1) is 21.4 Å². The second kappa shape index (κ2) is 7.79. The van der Waals surface area contributed by atoms with Gasteiger partial charge >= 0.3 is 0 Å². The van der Waals surface area contributed by atoms with Gasteiger partial charge in [-0.1, -0.05) is 12.1 Å². The van der Waals surface area contributed by atoms with Crippen LogP contribution >= 0.6 is 0 Å². The number of nitriles is 1. The molecule has 0 bridgehead atoms. The zero-order chi connectivity index (χ0) is 18.4. The summed E-state index contributed by atoms with van der Waals surface area (Å²) in [5.41, 5.74) is 0.716. The molecule has 128 valence electrons. The molecule has 0 saturated heterocycles. The van der Waals surface area contributed by atoms with Crippen LogP contribution in [-0.2, 0) is 6.42 Å². The highest BCUT2D eigenvalue weighted by atomic mass is 16.6. The third-order valence-corrected chi connectivity index (χ3v) is 3.44. The average molecular weight is 341 g/mol. The molecule has 0 saturated carbocycles. The SMILES string of the molecule is COc1cc(C(=O)Nc2ccc(CC#N)cc2)c([N+](=O)[O-])cc1OC. The van der Waals surface area contributed by atoms with Crippen LogP contribution in [0.25, 0.3) is 0 Å². The monoisotopic (exact) mass is 341 g/mol. The van der Waals surface area contributed by atoms with Crippen molar-refractivity contribution in [3.05, 3.63) is 57.6 Å². The molecular formula is C17H15N3O5. The molecule has 0 atom stereocenters. The van der Waals surface area contributed by atoms with E-state index in [-0.39, 0.29) is 23.5 Å². The number of benzene rings is 2. The standard InChI is InChI=1S/C17H15N3O5/c1-24-15-9-13(14(20(22)23)10-16(15)25-2)17(21)19-12-5-3-11(4-6-12)7-8-18/h3-6,9-10H,7H2,1-2H3,(H,19,21). The first-order valence-corrected chi connectivity index (χ1v) is 7.17. The lowest BCUT2D eigenvalue weighted by Gasteiger charge is -2.11. The van der Waals surface area contributed by atoms with E-state index in [1.165, 1.54) is 20.3 Å². The van der Waals surface area contributed by atoms with Crippen molar-refractivity contribution < 1.29 is 19.2 Å². The number of nitro groups is 1. The minimum absolute atomic E-state index is 0.149.